The first-order valence-electron chi connectivity index (χ1n) is 4.03. The van der Waals surface area contributed by atoms with E-state index < -0.39 is 0 Å². The van der Waals surface area contributed by atoms with Crippen LogP contribution in [0.3, 0.4) is 0 Å². The zero-order valence-corrected chi connectivity index (χ0v) is 8.16. The van der Waals surface area contributed by atoms with Gasteiger partial charge >= 0.3 is 0 Å². The van der Waals surface area contributed by atoms with Crippen molar-refractivity contribution in [3.63, 3.8) is 0 Å². The number of hydrogen-bond acceptors (Lipinski definition) is 4. The average molecular weight is 207 g/mol. The van der Waals surface area contributed by atoms with Gasteiger partial charge in [-0.15, -0.1) is 10.2 Å². The SMILES string of the molecule is N=C(N)CSc1nnc2ccccn12. The highest BCUT2D eigenvalue weighted by Gasteiger charge is 2.04. The second-order valence-corrected chi connectivity index (χ2v) is 3.67. The molecule has 0 bridgehead atoms. The van der Waals surface area contributed by atoms with Gasteiger partial charge in [0.1, 0.15) is 5.84 Å². The van der Waals surface area contributed by atoms with Crippen LogP contribution in [0.15, 0.2) is 29.6 Å². The molecule has 0 fully saturated rings. The first-order chi connectivity index (χ1) is 6.77. The van der Waals surface area contributed by atoms with Crippen LogP contribution in [0.1, 0.15) is 0 Å². The molecule has 0 spiro atoms. The monoisotopic (exact) mass is 207 g/mol. The molecule has 0 aromatic carbocycles. The van der Waals surface area contributed by atoms with Gasteiger partial charge in [0.2, 0.25) is 0 Å². The van der Waals surface area contributed by atoms with Crippen LogP contribution in [0, 0.1) is 5.41 Å². The second kappa shape index (κ2) is 3.67. The molecule has 3 N–H and O–H groups in total. The summed E-state index contributed by atoms with van der Waals surface area (Å²) in [5.74, 6) is 0.582. The Morgan fingerprint density at radius 3 is 3.14 bits per heavy atom. The molecule has 0 aliphatic rings. The van der Waals surface area contributed by atoms with Gasteiger partial charge in [0.25, 0.3) is 0 Å². The fourth-order valence-corrected chi connectivity index (χ4v) is 1.74. The molecule has 72 valence electrons. The van der Waals surface area contributed by atoms with Gasteiger partial charge in [-0.2, -0.15) is 0 Å². The molecule has 2 aromatic heterocycles. The minimum atomic E-state index is 0.141. The molecule has 0 saturated carbocycles. The third-order valence-electron chi connectivity index (χ3n) is 1.64. The second-order valence-electron chi connectivity index (χ2n) is 2.73. The first-order valence-corrected chi connectivity index (χ1v) is 5.01. The zero-order valence-electron chi connectivity index (χ0n) is 7.34. The molecule has 14 heavy (non-hydrogen) atoms. The molecule has 0 aliphatic heterocycles. The van der Waals surface area contributed by atoms with Crippen molar-refractivity contribution < 1.29 is 0 Å². The van der Waals surface area contributed by atoms with Crippen LogP contribution in [0.4, 0.5) is 0 Å². The number of aromatic nitrogens is 3. The molecular formula is C8H9N5S. The maximum Gasteiger partial charge on any atom is 0.196 e. The lowest BCUT2D eigenvalue weighted by atomic mass is 10.5. The highest BCUT2D eigenvalue weighted by Crippen LogP contribution is 2.15. The van der Waals surface area contributed by atoms with Crippen LogP contribution in [0.2, 0.25) is 0 Å². The van der Waals surface area contributed by atoms with Crippen LogP contribution in [-0.4, -0.2) is 26.2 Å². The molecule has 6 heteroatoms. The Hall–Kier alpha value is -1.56. The summed E-state index contributed by atoms with van der Waals surface area (Å²) in [4.78, 5) is 0. The van der Waals surface area contributed by atoms with Crippen molar-refractivity contribution in [2.24, 2.45) is 5.73 Å². The van der Waals surface area contributed by atoms with Crippen molar-refractivity contribution in [2.75, 3.05) is 5.75 Å². The van der Waals surface area contributed by atoms with Gasteiger partial charge in [0.15, 0.2) is 10.8 Å². The Bertz CT molecular complexity index is 463. The summed E-state index contributed by atoms with van der Waals surface area (Å²) < 4.78 is 1.87. The van der Waals surface area contributed by atoms with Crippen molar-refractivity contribution in [3.8, 4) is 0 Å². The number of rotatable bonds is 3. The summed E-state index contributed by atoms with van der Waals surface area (Å²) in [5.41, 5.74) is 6.06. The van der Waals surface area contributed by atoms with Crippen molar-refractivity contribution in [3.05, 3.63) is 24.4 Å². The molecule has 2 heterocycles. The predicted molar refractivity (Wildman–Crippen MR) is 55.6 cm³/mol. The number of hydrogen-bond donors (Lipinski definition) is 2. The smallest absolute Gasteiger partial charge is 0.196 e. The van der Waals surface area contributed by atoms with E-state index in [0.717, 1.165) is 10.8 Å². The van der Waals surface area contributed by atoms with Crippen LogP contribution in [-0.2, 0) is 0 Å². The zero-order chi connectivity index (χ0) is 9.97. The molecule has 5 nitrogen and oxygen atoms in total. The number of thioether (sulfide) groups is 1. The Labute approximate surface area is 84.8 Å². The number of nitrogens with two attached hydrogens (primary N) is 1. The fraction of sp³-hybridized carbons (Fsp3) is 0.125. The lowest BCUT2D eigenvalue weighted by Gasteiger charge is -1.97. The van der Waals surface area contributed by atoms with E-state index in [4.69, 9.17) is 11.1 Å². The van der Waals surface area contributed by atoms with Crippen molar-refractivity contribution in [1.82, 2.24) is 14.6 Å². The van der Waals surface area contributed by atoms with Gasteiger partial charge in [-0.05, 0) is 12.1 Å². The number of nitrogens with one attached hydrogen (secondary N) is 1. The van der Waals surface area contributed by atoms with Crippen LogP contribution >= 0.6 is 11.8 Å². The summed E-state index contributed by atoms with van der Waals surface area (Å²) in [6.07, 6.45) is 1.89. The molecule has 0 unspecified atom stereocenters. The highest BCUT2D eigenvalue weighted by atomic mass is 32.2. The van der Waals surface area contributed by atoms with Crippen LogP contribution < -0.4 is 5.73 Å². The number of fused-ring (bicyclic) bond motifs is 1. The van der Waals surface area contributed by atoms with E-state index in [1.54, 1.807) is 0 Å². The summed E-state index contributed by atoms with van der Waals surface area (Å²) in [6, 6.07) is 5.70. The molecule has 0 saturated heterocycles. The van der Waals surface area contributed by atoms with Gasteiger partial charge in [-0.1, -0.05) is 17.8 Å². The summed E-state index contributed by atoms with van der Waals surface area (Å²) in [5, 5.41) is 15.8. The summed E-state index contributed by atoms with van der Waals surface area (Å²) in [6.45, 7) is 0. The fourth-order valence-electron chi connectivity index (χ4n) is 1.06. The molecule has 0 aliphatic carbocycles. The van der Waals surface area contributed by atoms with Crippen LogP contribution in [0.5, 0.6) is 0 Å². The minimum absolute atomic E-state index is 0.141. The minimum Gasteiger partial charge on any atom is -0.387 e. The van der Waals surface area contributed by atoms with Gasteiger partial charge in [0, 0.05) is 6.20 Å². The maximum absolute atomic E-state index is 7.10. The van der Waals surface area contributed by atoms with Gasteiger partial charge in [-0.3, -0.25) is 9.81 Å². The molecule has 2 rings (SSSR count). The average Bonchev–Trinajstić information content (AvgIpc) is 2.58. The Morgan fingerprint density at radius 1 is 1.50 bits per heavy atom. The Balaban J connectivity index is 2.29. The number of amidine groups is 1. The first kappa shape index (κ1) is 9.01. The quantitative estimate of drug-likeness (QED) is 0.442. The lowest BCUT2D eigenvalue weighted by molar-refractivity contribution is 0.923. The molecular weight excluding hydrogens is 198 g/mol. The van der Waals surface area contributed by atoms with Crippen molar-refractivity contribution in [2.45, 2.75) is 5.16 Å². The topological polar surface area (TPSA) is 80.1 Å². The largest absolute Gasteiger partial charge is 0.387 e. The van der Waals surface area contributed by atoms with Gasteiger partial charge in [-0.25, -0.2) is 0 Å². The van der Waals surface area contributed by atoms with E-state index >= 15 is 0 Å². The standard InChI is InChI=1S/C8H9N5S/c9-6(10)5-14-8-12-11-7-3-1-2-4-13(7)8/h1-4H,5H2,(H3,9,10). The van der Waals surface area contributed by atoms with E-state index in [-0.39, 0.29) is 5.84 Å². The summed E-state index contributed by atoms with van der Waals surface area (Å²) >= 11 is 1.40. The lowest BCUT2D eigenvalue weighted by Crippen LogP contribution is -2.12. The molecule has 2 aromatic rings. The van der Waals surface area contributed by atoms with E-state index in [0.29, 0.717) is 5.75 Å². The van der Waals surface area contributed by atoms with Gasteiger partial charge < -0.3 is 5.73 Å². The highest BCUT2D eigenvalue weighted by molar-refractivity contribution is 7.99. The van der Waals surface area contributed by atoms with E-state index in [9.17, 15) is 0 Å². The van der Waals surface area contributed by atoms with Gasteiger partial charge in [0.05, 0.1) is 5.75 Å². The third kappa shape index (κ3) is 1.69. The number of pyridine rings is 1. The molecule has 0 atom stereocenters. The van der Waals surface area contributed by atoms with E-state index in [2.05, 4.69) is 10.2 Å². The third-order valence-corrected chi connectivity index (χ3v) is 2.63. The summed E-state index contributed by atoms with van der Waals surface area (Å²) in [7, 11) is 0. The van der Waals surface area contributed by atoms with E-state index in [1.165, 1.54) is 11.8 Å². The Kier molecular flexibility index (Phi) is 2.36. The van der Waals surface area contributed by atoms with E-state index in [1.807, 2.05) is 28.8 Å². The number of nitrogens with zero attached hydrogens (tertiary/aromatic N) is 3. The van der Waals surface area contributed by atoms with Crippen molar-refractivity contribution in [1.29, 1.82) is 5.41 Å². The molecule has 0 amide bonds. The predicted octanol–water partition coefficient (Wildman–Crippen LogP) is 0.757. The van der Waals surface area contributed by atoms with Crippen molar-refractivity contribution >= 4 is 23.2 Å². The van der Waals surface area contributed by atoms with Crippen LogP contribution in [0.25, 0.3) is 5.65 Å². The maximum atomic E-state index is 7.10. The molecule has 0 radical (unpaired) electrons. The Morgan fingerprint density at radius 2 is 2.36 bits per heavy atom. The normalized spacial score (nSPS) is 10.6.